The predicted octanol–water partition coefficient (Wildman–Crippen LogP) is 1.92. The van der Waals surface area contributed by atoms with E-state index < -0.39 is 0 Å². The second-order valence-corrected chi connectivity index (χ2v) is 6.26. The molecule has 0 saturated heterocycles. The largest absolute Gasteiger partial charge is 0.381 e. The average Bonchev–Trinajstić information content (AvgIpc) is 2.62. The van der Waals surface area contributed by atoms with Gasteiger partial charge in [-0.25, -0.2) is 0 Å². The van der Waals surface area contributed by atoms with Gasteiger partial charge >= 0.3 is 0 Å². The van der Waals surface area contributed by atoms with E-state index in [1.165, 1.54) is 0 Å². The Morgan fingerprint density at radius 1 is 1.12 bits per heavy atom. The maximum Gasteiger partial charge on any atom is 0.222 e. The number of hydrogen-bond acceptors (Lipinski definition) is 3. The van der Waals surface area contributed by atoms with Crippen LogP contribution in [0.1, 0.15) is 32.3 Å². The highest BCUT2D eigenvalue weighted by Gasteiger charge is 2.03. The molecule has 0 heterocycles. The molecular weight excluding hydrogens is 316 g/mol. The van der Waals surface area contributed by atoms with Crippen molar-refractivity contribution in [1.29, 1.82) is 0 Å². The van der Waals surface area contributed by atoms with Crippen molar-refractivity contribution in [3.8, 4) is 0 Å². The first-order valence-electron chi connectivity index (χ1n) is 8.94. The van der Waals surface area contributed by atoms with E-state index in [1.807, 2.05) is 30.3 Å². The van der Waals surface area contributed by atoms with Crippen LogP contribution in [0.3, 0.4) is 0 Å². The number of nitrogens with zero attached hydrogens (tertiary/aromatic N) is 1. The Balaban J connectivity index is 2.07. The highest BCUT2D eigenvalue weighted by Crippen LogP contribution is 1.97. The van der Waals surface area contributed by atoms with Gasteiger partial charge in [-0.3, -0.25) is 9.79 Å². The summed E-state index contributed by atoms with van der Waals surface area (Å²) in [5.41, 5.74) is 1.10. The quantitative estimate of drug-likeness (QED) is 0.324. The van der Waals surface area contributed by atoms with Crippen LogP contribution in [0.4, 0.5) is 0 Å². The van der Waals surface area contributed by atoms with Gasteiger partial charge in [0, 0.05) is 46.3 Å². The van der Waals surface area contributed by atoms with E-state index in [2.05, 4.69) is 34.8 Å². The maximum absolute atomic E-state index is 11.8. The zero-order valence-corrected chi connectivity index (χ0v) is 15.7. The summed E-state index contributed by atoms with van der Waals surface area (Å²) in [6.07, 6.45) is 1.33. The zero-order valence-electron chi connectivity index (χ0n) is 15.7. The van der Waals surface area contributed by atoms with Gasteiger partial charge in [0.1, 0.15) is 0 Å². The lowest BCUT2D eigenvalue weighted by atomic mass is 10.2. The van der Waals surface area contributed by atoms with E-state index in [9.17, 15) is 4.79 Å². The average molecular weight is 348 g/mol. The number of rotatable bonds is 11. The van der Waals surface area contributed by atoms with Crippen molar-refractivity contribution in [2.45, 2.75) is 33.2 Å². The number of nitrogens with one attached hydrogen (secondary N) is 3. The molecule has 1 amide bonds. The summed E-state index contributed by atoms with van der Waals surface area (Å²) < 4.78 is 5.53. The van der Waals surface area contributed by atoms with Crippen molar-refractivity contribution in [3.63, 3.8) is 0 Å². The van der Waals surface area contributed by atoms with Crippen LogP contribution in [0, 0.1) is 5.92 Å². The Morgan fingerprint density at radius 2 is 1.84 bits per heavy atom. The summed E-state index contributed by atoms with van der Waals surface area (Å²) in [6.45, 7) is 7.71. The van der Waals surface area contributed by atoms with E-state index in [0.717, 1.165) is 31.7 Å². The highest BCUT2D eigenvalue weighted by atomic mass is 16.5. The molecule has 0 atom stereocenters. The molecule has 0 bridgehead atoms. The number of ether oxygens (including phenoxy) is 1. The van der Waals surface area contributed by atoms with Crippen molar-refractivity contribution in [2.24, 2.45) is 10.9 Å². The molecular formula is C19H32N4O2. The summed E-state index contributed by atoms with van der Waals surface area (Å²) in [7, 11) is 1.72. The topological polar surface area (TPSA) is 74.8 Å². The van der Waals surface area contributed by atoms with Crippen LogP contribution in [0.2, 0.25) is 0 Å². The van der Waals surface area contributed by atoms with E-state index in [0.29, 0.717) is 31.4 Å². The fourth-order valence-electron chi connectivity index (χ4n) is 2.10. The molecule has 0 spiro atoms. The molecule has 0 radical (unpaired) electrons. The molecule has 6 nitrogen and oxygen atoms in total. The van der Waals surface area contributed by atoms with Gasteiger partial charge in [0.05, 0.1) is 0 Å². The number of amides is 1. The fraction of sp³-hybridized carbons (Fsp3) is 0.579. The molecule has 140 valence electrons. The Kier molecular flexibility index (Phi) is 11.1. The van der Waals surface area contributed by atoms with Gasteiger partial charge in [0.25, 0.3) is 0 Å². The van der Waals surface area contributed by atoms with Gasteiger partial charge in [0.15, 0.2) is 5.96 Å². The number of aliphatic imine (C=N–C) groups is 1. The summed E-state index contributed by atoms with van der Waals surface area (Å²) in [6, 6.07) is 9.88. The molecule has 3 N–H and O–H groups in total. The number of guanidine groups is 1. The normalized spacial score (nSPS) is 11.4. The lowest BCUT2D eigenvalue weighted by molar-refractivity contribution is -0.121. The number of carbonyl (C=O) groups is 1. The first-order chi connectivity index (χ1) is 12.1. The van der Waals surface area contributed by atoms with Crippen LogP contribution in [0.15, 0.2) is 35.3 Å². The van der Waals surface area contributed by atoms with Gasteiger partial charge < -0.3 is 20.7 Å². The molecule has 1 rings (SSSR count). The standard InChI is InChI=1S/C19H32N4O2/c1-16(2)15-25-13-7-11-21-19(20-3)22-12-10-18(24)23-14-17-8-5-4-6-9-17/h4-6,8-9,16H,7,10-15H2,1-3H3,(H,23,24)(H2,20,21,22). The summed E-state index contributed by atoms with van der Waals surface area (Å²) in [5.74, 6) is 1.30. The van der Waals surface area contributed by atoms with Gasteiger partial charge in [-0.1, -0.05) is 44.2 Å². The third-order valence-electron chi connectivity index (χ3n) is 3.41. The summed E-state index contributed by atoms with van der Waals surface area (Å²) in [5, 5.41) is 9.27. The maximum atomic E-state index is 11.8. The first-order valence-corrected chi connectivity index (χ1v) is 8.94. The van der Waals surface area contributed by atoms with Crippen LogP contribution in [0.5, 0.6) is 0 Å². The second-order valence-electron chi connectivity index (χ2n) is 6.26. The molecule has 1 aromatic rings. The minimum absolute atomic E-state index is 0.0221. The smallest absolute Gasteiger partial charge is 0.222 e. The summed E-state index contributed by atoms with van der Waals surface area (Å²) >= 11 is 0. The first kappa shape index (κ1) is 21.0. The zero-order chi connectivity index (χ0) is 18.3. The molecule has 1 aromatic carbocycles. The van der Waals surface area contributed by atoms with Gasteiger partial charge in [-0.05, 0) is 17.9 Å². The molecule has 0 saturated carbocycles. The Labute approximate surface area is 151 Å². The Hall–Kier alpha value is -2.08. The lowest BCUT2D eigenvalue weighted by Gasteiger charge is -2.12. The molecule has 0 aliphatic carbocycles. The molecule has 0 aliphatic rings. The number of benzene rings is 1. The minimum atomic E-state index is 0.0221. The van der Waals surface area contributed by atoms with Gasteiger partial charge in [0.2, 0.25) is 5.91 Å². The SMILES string of the molecule is CN=C(NCCCOCC(C)C)NCCC(=O)NCc1ccccc1. The van der Waals surface area contributed by atoms with Crippen LogP contribution in [0.25, 0.3) is 0 Å². The molecule has 0 aliphatic heterocycles. The van der Waals surface area contributed by atoms with Crippen molar-refractivity contribution >= 4 is 11.9 Å². The molecule has 0 unspecified atom stereocenters. The van der Waals surface area contributed by atoms with Crippen LogP contribution >= 0.6 is 0 Å². The van der Waals surface area contributed by atoms with Crippen LogP contribution in [-0.2, 0) is 16.1 Å². The molecule has 25 heavy (non-hydrogen) atoms. The third kappa shape index (κ3) is 11.2. The third-order valence-corrected chi connectivity index (χ3v) is 3.41. The van der Waals surface area contributed by atoms with Crippen molar-refractivity contribution in [2.75, 3.05) is 33.4 Å². The second kappa shape index (κ2) is 13.2. The summed E-state index contributed by atoms with van der Waals surface area (Å²) in [4.78, 5) is 16.0. The van der Waals surface area contributed by atoms with Gasteiger partial charge in [-0.15, -0.1) is 0 Å². The fourth-order valence-corrected chi connectivity index (χ4v) is 2.10. The van der Waals surface area contributed by atoms with E-state index >= 15 is 0 Å². The van der Waals surface area contributed by atoms with Crippen molar-refractivity contribution in [1.82, 2.24) is 16.0 Å². The van der Waals surface area contributed by atoms with E-state index in [4.69, 9.17) is 4.74 Å². The number of hydrogen-bond donors (Lipinski definition) is 3. The van der Waals surface area contributed by atoms with E-state index in [1.54, 1.807) is 7.05 Å². The van der Waals surface area contributed by atoms with Crippen LogP contribution < -0.4 is 16.0 Å². The highest BCUT2D eigenvalue weighted by molar-refractivity contribution is 5.81. The Bertz CT molecular complexity index is 503. The van der Waals surface area contributed by atoms with Crippen molar-refractivity contribution < 1.29 is 9.53 Å². The van der Waals surface area contributed by atoms with Gasteiger partial charge in [-0.2, -0.15) is 0 Å². The van der Waals surface area contributed by atoms with Crippen LogP contribution in [-0.4, -0.2) is 45.2 Å². The molecule has 6 heteroatoms. The Morgan fingerprint density at radius 3 is 2.52 bits per heavy atom. The van der Waals surface area contributed by atoms with E-state index in [-0.39, 0.29) is 5.91 Å². The molecule has 0 aromatic heterocycles. The predicted molar refractivity (Wildman–Crippen MR) is 103 cm³/mol. The molecule has 0 fully saturated rings. The van der Waals surface area contributed by atoms with Crippen molar-refractivity contribution in [3.05, 3.63) is 35.9 Å². The lowest BCUT2D eigenvalue weighted by Crippen LogP contribution is -2.39. The monoisotopic (exact) mass is 348 g/mol. The number of carbonyl (C=O) groups excluding carboxylic acids is 1. The minimum Gasteiger partial charge on any atom is -0.381 e.